The number of non-ortho nitro benzene ring substituents is 1. The second kappa shape index (κ2) is 8.41. The normalized spacial score (nSPS) is 13.5. The molecule has 0 radical (unpaired) electrons. The van der Waals surface area contributed by atoms with E-state index in [2.05, 4.69) is 8.94 Å². The number of nitro groups is 1. The van der Waals surface area contributed by atoms with Crippen molar-refractivity contribution in [2.24, 2.45) is 0 Å². The molecule has 1 N–H and O–H groups in total. The van der Waals surface area contributed by atoms with Crippen LogP contribution in [0.5, 0.6) is 5.75 Å². The summed E-state index contributed by atoms with van der Waals surface area (Å²) in [6.45, 7) is 0. The number of halogens is 1. The van der Waals surface area contributed by atoms with Crippen LogP contribution in [-0.4, -0.2) is 19.6 Å². The first-order chi connectivity index (χ1) is 11.1. The summed E-state index contributed by atoms with van der Waals surface area (Å²) in [5, 5.41) is 10.5. The van der Waals surface area contributed by atoms with Gasteiger partial charge in [0.25, 0.3) is 5.69 Å². The van der Waals surface area contributed by atoms with E-state index >= 15 is 0 Å². The summed E-state index contributed by atoms with van der Waals surface area (Å²) in [7, 11) is -9.01. The Morgan fingerprint density at radius 3 is 2.56 bits per heavy atom. The van der Waals surface area contributed by atoms with E-state index < -0.39 is 46.1 Å². The Bertz CT molecular complexity index is 905. The Kier molecular flexibility index (Phi) is 7.32. The average Bonchev–Trinajstić information content (AvgIpc) is 3.02. The van der Waals surface area contributed by atoms with Gasteiger partial charge in [0.1, 0.15) is 11.2 Å². The summed E-state index contributed by atoms with van der Waals surface area (Å²) in [5.74, 6) is -2.07. The van der Waals surface area contributed by atoms with Crippen LogP contribution in [0.15, 0.2) is 46.1 Å². The molecule has 0 spiro atoms. The zero-order chi connectivity index (χ0) is 18.0. The summed E-state index contributed by atoms with van der Waals surface area (Å²) >= 11 is 0. The molecule has 10 nitrogen and oxygen atoms in total. The molecule has 1 unspecified atom stereocenters. The monoisotopic (exact) mass is 402 g/mol. The topological polar surface area (TPSA) is 152 Å². The van der Waals surface area contributed by atoms with Crippen LogP contribution >= 0.6 is 7.60 Å². The van der Waals surface area contributed by atoms with Gasteiger partial charge in [-0.25, -0.2) is 17.5 Å². The second-order valence-corrected chi connectivity index (χ2v) is 7.83. The van der Waals surface area contributed by atoms with E-state index in [1.165, 1.54) is 0 Å². The van der Waals surface area contributed by atoms with E-state index in [4.69, 9.17) is 0 Å². The molecule has 0 saturated heterocycles. The van der Waals surface area contributed by atoms with Gasteiger partial charge in [0, 0.05) is 6.07 Å². The fraction of sp³-hybridized carbons (Fsp3) is 0.0909. The van der Waals surface area contributed by atoms with Crippen molar-refractivity contribution in [3.63, 3.8) is 0 Å². The maximum Gasteiger partial charge on any atom is 1.00 e. The van der Waals surface area contributed by atoms with E-state index in [1.807, 2.05) is 0 Å². The third kappa shape index (κ3) is 5.89. The minimum atomic E-state index is -4.86. The summed E-state index contributed by atoms with van der Waals surface area (Å²) in [6, 6.07) is 3.16. The van der Waals surface area contributed by atoms with Crippen LogP contribution in [0.25, 0.3) is 0 Å². The zero-order valence-electron chi connectivity index (χ0n) is 12.6. The molecular formula is C11H9FN2NaO8PS. The zero-order valence-corrected chi connectivity index (χ0v) is 16.3. The molecule has 1 aromatic carbocycles. The molecule has 0 amide bonds. The van der Waals surface area contributed by atoms with Gasteiger partial charge in [-0.05, 0) is 12.1 Å². The molecule has 0 aliphatic rings. The Morgan fingerprint density at radius 1 is 1.36 bits per heavy atom. The molecular weight excluding hydrogens is 393 g/mol. The van der Waals surface area contributed by atoms with Crippen molar-refractivity contribution < 1.29 is 65.7 Å². The smallest absolute Gasteiger partial charge is 0.768 e. The third-order valence-electron chi connectivity index (χ3n) is 2.62. The second-order valence-electron chi connectivity index (χ2n) is 4.34. The number of furan rings is 1. The molecule has 0 saturated carbocycles. The fourth-order valence-electron chi connectivity index (χ4n) is 1.51. The number of nitrogens with zero attached hydrogens (tertiary/aromatic N) is 1. The first-order valence-corrected chi connectivity index (χ1v) is 9.27. The third-order valence-corrected chi connectivity index (χ3v) is 5.23. The van der Waals surface area contributed by atoms with Crippen molar-refractivity contribution in [2.75, 3.05) is 6.29 Å². The average molecular weight is 402 g/mol. The standard InChI is InChI=1S/C11H10FN2O8PS.Na/c12-10-5-8(14(15)16)1-2-11(10)22-23(17,18)7-13-24(19,20)9-3-4-21-6-9;/h1-6,13H,7H2,(H,17,18);/q;+1/p-1. The molecule has 25 heavy (non-hydrogen) atoms. The SMILES string of the molecule is O=[N+]([O-])c1ccc(OP(=O)([O-])CNS(=O)(=O)c2ccoc2)c(F)c1.[Na+]. The van der Waals surface area contributed by atoms with Crippen LogP contribution in [-0.2, 0) is 14.6 Å². The summed E-state index contributed by atoms with van der Waals surface area (Å²) < 4.78 is 59.6. The summed E-state index contributed by atoms with van der Waals surface area (Å²) in [6.07, 6.45) is 0.806. The van der Waals surface area contributed by atoms with E-state index in [-0.39, 0.29) is 34.5 Å². The van der Waals surface area contributed by atoms with Crippen LogP contribution in [0.4, 0.5) is 10.1 Å². The van der Waals surface area contributed by atoms with Crippen LogP contribution in [0.2, 0.25) is 0 Å². The first kappa shape index (κ1) is 21.8. The molecule has 1 heterocycles. The number of hydrogen-bond acceptors (Lipinski definition) is 8. The molecule has 14 heteroatoms. The van der Waals surface area contributed by atoms with Crippen LogP contribution in [0.1, 0.15) is 0 Å². The van der Waals surface area contributed by atoms with Gasteiger partial charge in [-0.1, -0.05) is 0 Å². The van der Waals surface area contributed by atoms with Gasteiger partial charge in [-0.2, -0.15) is 0 Å². The van der Waals surface area contributed by atoms with Gasteiger partial charge in [-0.3, -0.25) is 14.7 Å². The molecule has 0 fully saturated rings. The predicted octanol–water partition coefficient (Wildman–Crippen LogP) is -1.80. The van der Waals surface area contributed by atoms with Gasteiger partial charge in [-0.15, -0.1) is 0 Å². The largest absolute Gasteiger partial charge is 1.00 e. The number of sulfonamides is 1. The molecule has 2 rings (SSSR count). The van der Waals surface area contributed by atoms with Crippen molar-refractivity contribution >= 4 is 23.3 Å². The number of benzene rings is 1. The van der Waals surface area contributed by atoms with E-state index in [1.54, 1.807) is 4.72 Å². The maximum atomic E-state index is 13.6. The van der Waals surface area contributed by atoms with Crippen molar-refractivity contribution in [2.45, 2.75) is 4.90 Å². The van der Waals surface area contributed by atoms with Crippen LogP contribution in [0.3, 0.4) is 0 Å². The van der Waals surface area contributed by atoms with Crippen LogP contribution in [0, 0.1) is 15.9 Å². The van der Waals surface area contributed by atoms with Gasteiger partial charge >= 0.3 is 29.6 Å². The van der Waals surface area contributed by atoms with Crippen molar-refractivity contribution in [3.8, 4) is 5.75 Å². The Morgan fingerprint density at radius 2 is 2.04 bits per heavy atom. The fourth-order valence-corrected chi connectivity index (χ4v) is 3.92. The van der Waals surface area contributed by atoms with Crippen molar-refractivity contribution in [3.05, 3.63) is 52.7 Å². The quantitative estimate of drug-likeness (QED) is 0.246. The molecule has 1 aromatic heterocycles. The minimum Gasteiger partial charge on any atom is -0.768 e. The molecule has 1 atom stereocenters. The number of nitrogens with one attached hydrogen (secondary N) is 1. The van der Waals surface area contributed by atoms with E-state index in [0.717, 1.165) is 30.7 Å². The summed E-state index contributed by atoms with van der Waals surface area (Å²) in [5.41, 5.74) is -0.596. The molecule has 0 aliphatic heterocycles. The molecule has 0 bridgehead atoms. The van der Waals surface area contributed by atoms with Gasteiger partial charge < -0.3 is 13.8 Å². The van der Waals surface area contributed by atoms with Crippen LogP contribution < -0.4 is 43.7 Å². The molecule has 130 valence electrons. The number of nitro benzene ring substituents is 1. The Hall–Kier alpha value is -1.27. The number of rotatable bonds is 7. The van der Waals surface area contributed by atoms with Crippen molar-refractivity contribution in [1.29, 1.82) is 0 Å². The maximum absolute atomic E-state index is 13.6. The molecule has 0 aliphatic carbocycles. The van der Waals surface area contributed by atoms with E-state index in [0.29, 0.717) is 6.07 Å². The molecule has 2 aromatic rings. The van der Waals surface area contributed by atoms with Gasteiger partial charge in [0.2, 0.25) is 10.0 Å². The van der Waals surface area contributed by atoms with Crippen molar-refractivity contribution in [1.82, 2.24) is 4.72 Å². The van der Waals surface area contributed by atoms with Gasteiger partial charge in [0.05, 0.1) is 23.5 Å². The Labute approximate surface area is 163 Å². The minimum absolute atomic E-state index is 0. The summed E-state index contributed by atoms with van der Waals surface area (Å²) in [4.78, 5) is 21.0. The van der Waals surface area contributed by atoms with E-state index in [9.17, 15) is 32.4 Å². The van der Waals surface area contributed by atoms with Gasteiger partial charge in [0.15, 0.2) is 19.2 Å². The predicted molar refractivity (Wildman–Crippen MR) is 75.2 cm³/mol. The Balaban J connectivity index is 0.00000312. The first-order valence-electron chi connectivity index (χ1n) is 6.06. The number of hydrogen-bond donors (Lipinski definition) is 1.